The van der Waals surface area contributed by atoms with Crippen molar-refractivity contribution in [1.29, 1.82) is 0 Å². The summed E-state index contributed by atoms with van der Waals surface area (Å²) in [4.78, 5) is 29.5. The maximum absolute atomic E-state index is 13.6. The quantitative estimate of drug-likeness (QED) is 0.505. The first-order valence-corrected chi connectivity index (χ1v) is 9.94. The maximum atomic E-state index is 13.6. The number of amides is 1. The number of thioether (sulfide) groups is 1. The van der Waals surface area contributed by atoms with Crippen LogP contribution >= 0.6 is 11.8 Å². The number of nitrogens with zero attached hydrogens (tertiary/aromatic N) is 2. The van der Waals surface area contributed by atoms with Gasteiger partial charge >= 0.3 is 6.18 Å². The van der Waals surface area contributed by atoms with Crippen LogP contribution in [0.1, 0.15) is 18.4 Å². The molecule has 150 valence electrons. The fourth-order valence-electron chi connectivity index (χ4n) is 2.96. The minimum absolute atomic E-state index is 0.0383. The van der Waals surface area contributed by atoms with Crippen molar-refractivity contribution in [3.8, 4) is 5.69 Å². The van der Waals surface area contributed by atoms with Gasteiger partial charge in [0.05, 0.1) is 27.9 Å². The predicted octanol–water partition coefficient (Wildman–Crippen LogP) is 3.78. The number of hydrogen-bond donors (Lipinski definition) is 1. The molecular weight excluding hydrogens is 403 g/mol. The van der Waals surface area contributed by atoms with E-state index < -0.39 is 17.3 Å². The zero-order valence-corrected chi connectivity index (χ0v) is 15.9. The third-order valence-electron chi connectivity index (χ3n) is 4.47. The number of carbonyl (C=O) groups excluding carboxylic acids is 1. The van der Waals surface area contributed by atoms with Crippen LogP contribution in [0.3, 0.4) is 0 Å². The average molecular weight is 419 g/mol. The Morgan fingerprint density at radius 2 is 1.83 bits per heavy atom. The maximum Gasteiger partial charge on any atom is 0.418 e. The monoisotopic (exact) mass is 419 g/mol. The number of nitrogens with one attached hydrogen (secondary N) is 1. The minimum atomic E-state index is -4.65. The van der Waals surface area contributed by atoms with E-state index in [2.05, 4.69) is 10.3 Å². The highest BCUT2D eigenvalue weighted by atomic mass is 32.2. The molecular formula is C20H16F3N3O2S. The molecule has 0 aliphatic heterocycles. The van der Waals surface area contributed by atoms with Crippen molar-refractivity contribution in [2.75, 3.05) is 5.75 Å². The van der Waals surface area contributed by atoms with Crippen LogP contribution in [0.4, 0.5) is 13.2 Å². The van der Waals surface area contributed by atoms with Crippen molar-refractivity contribution in [2.45, 2.75) is 30.2 Å². The first-order chi connectivity index (χ1) is 13.8. The number of alkyl halides is 3. The molecule has 1 aliphatic rings. The van der Waals surface area contributed by atoms with E-state index in [0.717, 1.165) is 35.2 Å². The Kier molecular flexibility index (Phi) is 5.08. The van der Waals surface area contributed by atoms with Gasteiger partial charge in [0, 0.05) is 6.04 Å². The summed E-state index contributed by atoms with van der Waals surface area (Å²) in [5.74, 6) is -0.286. The highest BCUT2D eigenvalue weighted by molar-refractivity contribution is 7.99. The number of aromatic nitrogens is 2. The van der Waals surface area contributed by atoms with E-state index in [1.54, 1.807) is 18.2 Å². The van der Waals surface area contributed by atoms with Gasteiger partial charge in [-0.2, -0.15) is 13.2 Å². The van der Waals surface area contributed by atoms with Gasteiger partial charge in [0.2, 0.25) is 5.91 Å². The van der Waals surface area contributed by atoms with Gasteiger partial charge in [0.25, 0.3) is 5.56 Å². The molecule has 0 unspecified atom stereocenters. The first-order valence-electron chi connectivity index (χ1n) is 8.95. The predicted molar refractivity (Wildman–Crippen MR) is 104 cm³/mol. The molecule has 3 aromatic rings. The second-order valence-electron chi connectivity index (χ2n) is 6.70. The molecule has 0 radical (unpaired) electrons. The van der Waals surface area contributed by atoms with Crippen molar-refractivity contribution in [1.82, 2.24) is 14.9 Å². The van der Waals surface area contributed by atoms with Crippen LogP contribution in [0.2, 0.25) is 0 Å². The molecule has 1 aromatic heterocycles. The highest BCUT2D eigenvalue weighted by Crippen LogP contribution is 2.34. The Labute approximate surface area is 167 Å². The molecule has 1 aliphatic carbocycles. The first kappa shape index (κ1) is 19.5. The molecule has 0 atom stereocenters. The Hall–Kier alpha value is -2.81. The summed E-state index contributed by atoms with van der Waals surface area (Å²) >= 11 is 0.941. The molecule has 5 nitrogen and oxygen atoms in total. The van der Waals surface area contributed by atoms with Gasteiger partial charge in [0.1, 0.15) is 0 Å². The molecule has 1 amide bonds. The number of para-hydroxylation sites is 2. The normalized spacial score (nSPS) is 14.2. The largest absolute Gasteiger partial charge is 0.418 e. The van der Waals surface area contributed by atoms with Gasteiger partial charge in [-0.15, -0.1) is 0 Å². The van der Waals surface area contributed by atoms with Gasteiger partial charge in [-0.25, -0.2) is 4.98 Å². The van der Waals surface area contributed by atoms with Crippen LogP contribution in [0, 0.1) is 0 Å². The van der Waals surface area contributed by atoms with E-state index in [0.29, 0.717) is 5.52 Å². The molecule has 29 heavy (non-hydrogen) atoms. The summed E-state index contributed by atoms with van der Waals surface area (Å²) in [6, 6.07) is 11.5. The van der Waals surface area contributed by atoms with E-state index in [9.17, 15) is 22.8 Å². The third-order valence-corrected chi connectivity index (χ3v) is 5.41. The smallest absolute Gasteiger partial charge is 0.353 e. The van der Waals surface area contributed by atoms with Gasteiger partial charge in [-0.3, -0.25) is 14.2 Å². The van der Waals surface area contributed by atoms with Crippen LogP contribution < -0.4 is 10.9 Å². The molecule has 1 fully saturated rings. The van der Waals surface area contributed by atoms with E-state index in [1.807, 2.05) is 0 Å². The number of carbonyl (C=O) groups is 1. The van der Waals surface area contributed by atoms with Gasteiger partial charge < -0.3 is 5.32 Å². The summed E-state index contributed by atoms with van der Waals surface area (Å²) < 4.78 is 41.7. The van der Waals surface area contributed by atoms with E-state index in [-0.39, 0.29) is 33.9 Å². The fourth-order valence-corrected chi connectivity index (χ4v) is 3.77. The van der Waals surface area contributed by atoms with Crippen molar-refractivity contribution in [3.63, 3.8) is 0 Å². The Morgan fingerprint density at radius 1 is 1.14 bits per heavy atom. The molecule has 0 bridgehead atoms. The Balaban J connectivity index is 1.84. The topological polar surface area (TPSA) is 64.0 Å². The lowest BCUT2D eigenvalue weighted by Crippen LogP contribution is -2.28. The zero-order valence-electron chi connectivity index (χ0n) is 15.1. The zero-order chi connectivity index (χ0) is 20.6. The molecule has 2 aromatic carbocycles. The van der Waals surface area contributed by atoms with Crippen LogP contribution in [0.15, 0.2) is 58.5 Å². The molecule has 1 N–H and O–H groups in total. The van der Waals surface area contributed by atoms with Crippen LogP contribution in [-0.4, -0.2) is 27.3 Å². The molecule has 1 heterocycles. The number of fused-ring (bicyclic) bond motifs is 1. The lowest BCUT2D eigenvalue weighted by atomic mass is 10.1. The fraction of sp³-hybridized carbons (Fsp3) is 0.250. The highest BCUT2D eigenvalue weighted by Gasteiger charge is 2.34. The summed E-state index contributed by atoms with van der Waals surface area (Å²) in [7, 11) is 0. The molecule has 9 heteroatoms. The van der Waals surface area contributed by atoms with E-state index in [4.69, 9.17) is 0 Å². The standard InChI is InChI=1S/C20H16F3N3O2S/c21-20(22,23)14-6-2-4-8-16(14)26-18(28)13-5-1-3-7-15(13)25-19(26)29-11-17(27)24-12-9-10-12/h1-8,12H,9-11H2,(H,24,27). The lowest BCUT2D eigenvalue weighted by molar-refractivity contribution is -0.137. The second-order valence-corrected chi connectivity index (χ2v) is 7.64. The summed E-state index contributed by atoms with van der Waals surface area (Å²) in [6.45, 7) is 0. The molecule has 0 spiro atoms. The van der Waals surface area contributed by atoms with E-state index >= 15 is 0 Å². The third kappa shape index (κ3) is 4.14. The number of benzene rings is 2. The Bertz CT molecular complexity index is 1140. The summed E-state index contributed by atoms with van der Waals surface area (Å²) in [6.07, 6.45) is -2.80. The van der Waals surface area contributed by atoms with Crippen LogP contribution in [0.5, 0.6) is 0 Å². The average Bonchev–Trinajstić information content (AvgIpc) is 3.50. The SMILES string of the molecule is O=C(CSc1nc2ccccc2c(=O)n1-c1ccccc1C(F)(F)F)NC1CC1. The van der Waals surface area contributed by atoms with Crippen LogP contribution in [0.25, 0.3) is 16.6 Å². The minimum Gasteiger partial charge on any atom is -0.353 e. The number of rotatable bonds is 5. The lowest BCUT2D eigenvalue weighted by Gasteiger charge is -2.17. The van der Waals surface area contributed by atoms with Gasteiger partial charge in [-0.05, 0) is 37.1 Å². The summed E-state index contributed by atoms with van der Waals surface area (Å²) in [5, 5.41) is 3.06. The van der Waals surface area contributed by atoms with Gasteiger partial charge in [0.15, 0.2) is 5.16 Å². The van der Waals surface area contributed by atoms with Crippen LogP contribution in [-0.2, 0) is 11.0 Å². The molecule has 1 saturated carbocycles. The van der Waals surface area contributed by atoms with E-state index in [1.165, 1.54) is 24.3 Å². The van der Waals surface area contributed by atoms with Crippen molar-refractivity contribution in [3.05, 3.63) is 64.4 Å². The van der Waals surface area contributed by atoms with Crippen molar-refractivity contribution in [2.24, 2.45) is 0 Å². The molecule has 0 saturated heterocycles. The Morgan fingerprint density at radius 3 is 2.55 bits per heavy atom. The second kappa shape index (κ2) is 7.55. The van der Waals surface area contributed by atoms with Crippen molar-refractivity contribution < 1.29 is 18.0 Å². The summed E-state index contributed by atoms with van der Waals surface area (Å²) in [5.41, 5.74) is -1.50. The van der Waals surface area contributed by atoms with Crippen molar-refractivity contribution >= 4 is 28.6 Å². The molecule has 4 rings (SSSR count). The van der Waals surface area contributed by atoms with Gasteiger partial charge in [-0.1, -0.05) is 36.0 Å². The number of hydrogen-bond acceptors (Lipinski definition) is 4. The number of halogens is 3.